The smallest absolute Gasteiger partial charge is 0.253 e. The van der Waals surface area contributed by atoms with E-state index in [1.165, 1.54) is 0 Å². The van der Waals surface area contributed by atoms with Crippen LogP contribution in [0.15, 0.2) is 18.2 Å². The van der Waals surface area contributed by atoms with E-state index in [2.05, 4.69) is 11.8 Å². The number of hydrogen-bond acceptors (Lipinski definition) is 4. The van der Waals surface area contributed by atoms with Gasteiger partial charge in [-0.1, -0.05) is 11.8 Å². The van der Waals surface area contributed by atoms with Gasteiger partial charge in [0, 0.05) is 25.8 Å². The van der Waals surface area contributed by atoms with Crippen molar-refractivity contribution >= 4 is 5.91 Å². The van der Waals surface area contributed by atoms with Gasteiger partial charge in [0.15, 0.2) is 0 Å². The van der Waals surface area contributed by atoms with Crippen molar-refractivity contribution in [1.29, 1.82) is 0 Å². The molecule has 1 aromatic carbocycles. The summed E-state index contributed by atoms with van der Waals surface area (Å²) in [5.41, 5.74) is 6.67. The average Bonchev–Trinajstić information content (AvgIpc) is 3.00. The van der Waals surface area contributed by atoms with Gasteiger partial charge < -0.3 is 20.1 Å². The number of benzene rings is 1. The molecule has 0 aromatic heterocycles. The minimum absolute atomic E-state index is 0.00648. The molecule has 0 radical (unpaired) electrons. The van der Waals surface area contributed by atoms with E-state index in [1.807, 2.05) is 0 Å². The highest BCUT2D eigenvalue weighted by atomic mass is 16.5. The van der Waals surface area contributed by atoms with E-state index in [9.17, 15) is 4.79 Å². The molecule has 1 heterocycles. The lowest BCUT2D eigenvalue weighted by Crippen LogP contribution is -2.30. The van der Waals surface area contributed by atoms with Crippen LogP contribution < -0.4 is 10.5 Å². The van der Waals surface area contributed by atoms with Gasteiger partial charge in [0.05, 0.1) is 25.3 Å². The van der Waals surface area contributed by atoms with Crippen molar-refractivity contribution in [3.63, 3.8) is 0 Å². The Morgan fingerprint density at radius 1 is 1.48 bits per heavy atom. The Kier molecular flexibility index (Phi) is 5.20. The van der Waals surface area contributed by atoms with Gasteiger partial charge in [0.25, 0.3) is 5.91 Å². The number of nitrogens with two attached hydrogens (primary N) is 1. The first-order valence-electron chi connectivity index (χ1n) is 6.88. The van der Waals surface area contributed by atoms with E-state index in [0.717, 1.165) is 6.42 Å². The van der Waals surface area contributed by atoms with Gasteiger partial charge in [-0.05, 0) is 24.6 Å². The summed E-state index contributed by atoms with van der Waals surface area (Å²) in [5.74, 6) is 6.35. The molecule has 1 aliphatic rings. The number of amides is 1. The Bertz CT molecular complexity index is 575. The Morgan fingerprint density at radius 3 is 2.90 bits per heavy atom. The second-order valence-corrected chi connectivity index (χ2v) is 4.82. The van der Waals surface area contributed by atoms with Crippen LogP contribution in [0.4, 0.5) is 0 Å². The van der Waals surface area contributed by atoms with Crippen molar-refractivity contribution in [3.8, 4) is 17.6 Å². The molecule has 2 rings (SSSR count). The zero-order valence-corrected chi connectivity index (χ0v) is 12.4. The predicted molar refractivity (Wildman–Crippen MR) is 80.2 cm³/mol. The van der Waals surface area contributed by atoms with E-state index < -0.39 is 0 Å². The largest absolute Gasteiger partial charge is 0.495 e. The van der Waals surface area contributed by atoms with Crippen LogP contribution in [0.1, 0.15) is 22.3 Å². The van der Waals surface area contributed by atoms with Gasteiger partial charge in [-0.15, -0.1) is 0 Å². The fraction of sp³-hybridized carbons (Fsp3) is 0.438. The summed E-state index contributed by atoms with van der Waals surface area (Å²) >= 11 is 0. The van der Waals surface area contributed by atoms with Crippen molar-refractivity contribution in [3.05, 3.63) is 29.3 Å². The fourth-order valence-electron chi connectivity index (χ4n) is 2.37. The molecule has 1 aromatic rings. The number of methoxy groups -OCH3 is 2. The summed E-state index contributed by atoms with van der Waals surface area (Å²) in [6, 6.07) is 5.27. The molecule has 5 heteroatoms. The molecule has 1 amide bonds. The molecule has 1 aliphatic heterocycles. The van der Waals surface area contributed by atoms with Gasteiger partial charge >= 0.3 is 0 Å². The molecule has 1 saturated heterocycles. The third-order valence-corrected chi connectivity index (χ3v) is 3.54. The quantitative estimate of drug-likeness (QED) is 0.838. The molecule has 21 heavy (non-hydrogen) atoms. The van der Waals surface area contributed by atoms with Crippen LogP contribution in [-0.4, -0.2) is 50.8 Å². The lowest BCUT2D eigenvalue weighted by atomic mass is 10.1. The van der Waals surface area contributed by atoms with Gasteiger partial charge in [-0.3, -0.25) is 4.79 Å². The minimum Gasteiger partial charge on any atom is -0.495 e. The van der Waals surface area contributed by atoms with Crippen molar-refractivity contribution in [2.75, 3.05) is 33.9 Å². The standard InChI is InChI=1S/C16H20N2O3/c1-20-14-7-9-18(11-14)16(19)13-5-6-15(21-2)12(10-13)4-3-8-17/h5-6,10,14H,7-9,11,17H2,1-2H3. The minimum atomic E-state index is -0.00648. The summed E-state index contributed by atoms with van der Waals surface area (Å²) in [4.78, 5) is 14.3. The van der Waals surface area contributed by atoms with Gasteiger partial charge in [0.1, 0.15) is 5.75 Å². The van der Waals surface area contributed by atoms with E-state index in [-0.39, 0.29) is 18.6 Å². The monoisotopic (exact) mass is 288 g/mol. The predicted octanol–water partition coefficient (Wildman–Crippen LogP) is 0.866. The first-order valence-corrected chi connectivity index (χ1v) is 6.88. The maximum absolute atomic E-state index is 12.5. The van der Waals surface area contributed by atoms with Crippen LogP contribution >= 0.6 is 0 Å². The number of likely N-dealkylation sites (tertiary alicyclic amines) is 1. The Balaban J connectivity index is 2.22. The number of ether oxygens (including phenoxy) is 2. The van der Waals surface area contributed by atoms with Crippen molar-refractivity contribution in [1.82, 2.24) is 4.90 Å². The molecule has 0 bridgehead atoms. The van der Waals surface area contributed by atoms with Crippen LogP contribution in [-0.2, 0) is 4.74 Å². The number of hydrogen-bond donors (Lipinski definition) is 1. The fourth-order valence-corrected chi connectivity index (χ4v) is 2.37. The SMILES string of the molecule is COc1ccc(C(=O)N2CCC(OC)C2)cc1C#CCN. The Labute approximate surface area is 125 Å². The number of nitrogens with zero attached hydrogens (tertiary/aromatic N) is 1. The molecule has 0 spiro atoms. The molecular formula is C16H20N2O3. The number of carbonyl (C=O) groups excluding carboxylic acids is 1. The maximum atomic E-state index is 12.5. The summed E-state index contributed by atoms with van der Waals surface area (Å²) < 4.78 is 10.5. The zero-order valence-electron chi connectivity index (χ0n) is 12.4. The lowest BCUT2D eigenvalue weighted by molar-refractivity contribution is 0.0724. The summed E-state index contributed by atoms with van der Waals surface area (Å²) in [7, 11) is 3.25. The van der Waals surface area contributed by atoms with Crippen molar-refractivity contribution in [2.24, 2.45) is 5.73 Å². The molecule has 5 nitrogen and oxygen atoms in total. The Hall–Kier alpha value is -2.03. The first-order chi connectivity index (χ1) is 10.2. The maximum Gasteiger partial charge on any atom is 0.253 e. The highest BCUT2D eigenvalue weighted by Crippen LogP contribution is 2.21. The van der Waals surface area contributed by atoms with Crippen molar-refractivity contribution < 1.29 is 14.3 Å². The molecular weight excluding hydrogens is 268 g/mol. The van der Waals surface area contributed by atoms with Crippen LogP contribution in [0.5, 0.6) is 5.75 Å². The molecule has 1 unspecified atom stereocenters. The van der Waals surface area contributed by atoms with Crippen molar-refractivity contribution in [2.45, 2.75) is 12.5 Å². The summed E-state index contributed by atoms with van der Waals surface area (Å²) in [5, 5.41) is 0. The molecule has 1 fully saturated rings. The summed E-state index contributed by atoms with van der Waals surface area (Å²) in [6.07, 6.45) is 1.00. The topological polar surface area (TPSA) is 64.8 Å². The third-order valence-electron chi connectivity index (χ3n) is 3.54. The molecule has 1 atom stereocenters. The highest BCUT2D eigenvalue weighted by molar-refractivity contribution is 5.95. The second-order valence-electron chi connectivity index (χ2n) is 4.82. The van der Waals surface area contributed by atoms with E-state index in [4.69, 9.17) is 15.2 Å². The Morgan fingerprint density at radius 2 is 2.29 bits per heavy atom. The van der Waals surface area contributed by atoms with E-state index in [0.29, 0.717) is 30.0 Å². The van der Waals surface area contributed by atoms with Gasteiger partial charge in [-0.25, -0.2) is 0 Å². The number of rotatable bonds is 3. The van der Waals surface area contributed by atoms with E-state index >= 15 is 0 Å². The van der Waals surface area contributed by atoms with E-state index in [1.54, 1.807) is 37.3 Å². The zero-order chi connectivity index (χ0) is 15.2. The highest BCUT2D eigenvalue weighted by Gasteiger charge is 2.27. The molecule has 2 N–H and O–H groups in total. The van der Waals surface area contributed by atoms with Crippen LogP contribution in [0, 0.1) is 11.8 Å². The molecule has 0 saturated carbocycles. The lowest BCUT2D eigenvalue weighted by Gasteiger charge is -2.16. The number of carbonyl (C=O) groups is 1. The molecule has 0 aliphatic carbocycles. The third kappa shape index (κ3) is 3.54. The van der Waals surface area contributed by atoms with Crippen LogP contribution in [0.25, 0.3) is 0 Å². The van der Waals surface area contributed by atoms with Gasteiger partial charge in [-0.2, -0.15) is 0 Å². The average molecular weight is 288 g/mol. The second kappa shape index (κ2) is 7.11. The van der Waals surface area contributed by atoms with Gasteiger partial charge in [0.2, 0.25) is 0 Å². The first kappa shape index (κ1) is 15.4. The molecule has 112 valence electrons. The normalized spacial score (nSPS) is 17.3. The van der Waals surface area contributed by atoms with Crippen LogP contribution in [0.2, 0.25) is 0 Å². The summed E-state index contributed by atoms with van der Waals surface area (Å²) in [6.45, 7) is 1.61. The van der Waals surface area contributed by atoms with Crippen LogP contribution in [0.3, 0.4) is 0 Å².